The zero-order valence-corrected chi connectivity index (χ0v) is 20.1. The van der Waals surface area contributed by atoms with Gasteiger partial charge in [-0.25, -0.2) is 4.98 Å². The smallest absolute Gasteiger partial charge is 0.270 e. The fourth-order valence-electron chi connectivity index (χ4n) is 5.49. The van der Waals surface area contributed by atoms with Crippen LogP contribution in [0.2, 0.25) is 0 Å². The number of nitrogens with one attached hydrogen (secondary N) is 2. The Kier molecular flexibility index (Phi) is 5.98. The van der Waals surface area contributed by atoms with Crippen LogP contribution < -0.4 is 15.8 Å². The van der Waals surface area contributed by atoms with Crippen molar-refractivity contribution in [3.8, 4) is 0 Å². The van der Waals surface area contributed by atoms with Gasteiger partial charge in [0, 0.05) is 50.5 Å². The molecule has 3 aromatic rings. The molecule has 0 atom stereocenters. The Hall–Kier alpha value is -3.26. The monoisotopic (exact) mass is 472 g/mol. The Morgan fingerprint density at radius 3 is 2.51 bits per heavy atom. The van der Waals surface area contributed by atoms with E-state index in [0.29, 0.717) is 11.7 Å². The van der Waals surface area contributed by atoms with Crippen LogP contribution >= 0.6 is 0 Å². The highest BCUT2D eigenvalue weighted by Crippen LogP contribution is 2.25. The molecule has 4 heterocycles. The van der Waals surface area contributed by atoms with Crippen molar-refractivity contribution in [2.75, 3.05) is 31.1 Å². The average Bonchev–Trinajstić information content (AvgIpc) is 2.87. The zero-order valence-electron chi connectivity index (χ0n) is 20.1. The van der Waals surface area contributed by atoms with E-state index in [4.69, 9.17) is 4.98 Å². The maximum atomic E-state index is 12.5. The molecule has 0 radical (unpaired) electrons. The van der Waals surface area contributed by atoms with Gasteiger partial charge in [0.15, 0.2) is 0 Å². The minimum absolute atomic E-state index is 0.0555. The van der Waals surface area contributed by atoms with Crippen LogP contribution in [0.4, 0.5) is 5.69 Å². The van der Waals surface area contributed by atoms with Gasteiger partial charge in [0.2, 0.25) is 0 Å². The quantitative estimate of drug-likeness (QED) is 0.593. The van der Waals surface area contributed by atoms with Gasteiger partial charge in [-0.15, -0.1) is 0 Å². The van der Waals surface area contributed by atoms with E-state index < -0.39 is 0 Å². The van der Waals surface area contributed by atoms with Crippen LogP contribution in [-0.4, -0.2) is 58.0 Å². The molecule has 8 heteroatoms. The molecule has 3 aromatic heterocycles. The van der Waals surface area contributed by atoms with Crippen LogP contribution in [0.1, 0.15) is 59.3 Å². The summed E-state index contributed by atoms with van der Waals surface area (Å²) in [6.45, 7) is 4.49. The average molecular weight is 473 g/mol. The molecule has 0 spiro atoms. The highest BCUT2D eigenvalue weighted by atomic mass is 16.2. The number of carbonyl (C=O) groups is 1. The van der Waals surface area contributed by atoms with Crippen molar-refractivity contribution < 1.29 is 4.79 Å². The van der Waals surface area contributed by atoms with Crippen molar-refractivity contribution in [1.82, 2.24) is 25.2 Å². The minimum atomic E-state index is -0.0723. The van der Waals surface area contributed by atoms with Gasteiger partial charge in [0.05, 0.1) is 22.9 Å². The maximum absolute atomic E-state index is 12.5. The van der Waals surface area contributed by atoms with Crippen LogP contribution in [0.5, 0.6) is 0 Å². The highest BCUT2D eigenvalue weighted by molar-refractivity contribution is 5.92. The van der Waals surface area contributed by atoms with Crippen LogP contribution in [0.3, 0.4) is 0 Å². The molecule has 0 aromatic carbocycles. The predicted molar refractivity (Wildman–Crippen MR) is 136 cm³/mol. The molecule has 8 nitrogen and oxygen atoms in total. The molecule has 2 N–H and O–H groups in total. The summed E-state index contributed by atoms with van der Waals surface area (Å²) in [4.78, 5) is 41.8. The third kappa shape index (κ3) is 4.55. The van der Waals surface area contributed by atoms with Gasteiger partial charge in [-0.05, 0) is 74.3 Å². The molecule has 1 amide bonds. The van der Waals surface area contributed by atoms with Gasteiger partial charge < -0.3 is 15.2 Å². The first-order valence-corrected chi connectivity index (χ1v) is 12.9. The number of pyridine rings is 3. The summed E-state index contributed by atoms with van der Waals surface area (Å²) in [5.74, 6) is -0.0723. The van der Waals surface area contributed by atoms with Crippen molar-refractivity contribution >= 4 is 22.6 Å². The highest BCUT2D eigenvalue weighted by Gasteiger charge is 2.22. The normalized spacial score (nSPS) is 18.8. The van der Waals surface area contributed by atoms with Crippen LogP contribution in [0.25, 0.3) is 11.0 Å². The molecule has 0 bridgehead atoms. The van der Waals surface area contributed by atoms with Crippen LogP contribution in [0, 0.1) is 0 Å². The molecular weight excluding hydrogens is 440 g/mol. The van der Waals surface area contributed by atoms with Crippen molar-refractivity contribution in [2.24, 2.45) is 0 Å². The summed E-state index contributed by atoms with van der Waals surface area (Å²) in [5.41, 5.74) is 6.63. The molecule has 0 unspecified atom stereocenters. The molecule has 6 rings (SSSR count). The topological polar surface area (TPSA) is 94.2 Å². The lowest BCUT2D eigenvalue weighted by molar-refractivity contribution is 0.0912. The number of carbonyl (C=O) groups excluding carboxylic acids is 1. The van der Waals surface area contributed by atoms with Crippen molar-refractivity contribution in [2.45, 2.75) is 57.5 Å². The third-order valence-corrected chi connectivity index (χ3v) is 7.78. The van der Waals surface area contributed by atoms with Gasteiger partial charge in [-0.2, -0.15) is 0 Å². The number of hydrogen-bond acceptors (Lipinski definition) is 6. The molecule has 1 saturated heterocycles. The van der Waals surface area contributed by atoms with E-state index in [-0.39, 0.29) is 11.5 Å². The van der Waals surface area contributed by atoms with Gasteiger partial charge in [-0.1, -0.05) is 0 Å². The molecule has 3 aliphatic rings. The number of aryl methyl sites for hydroxylation is 1. The van der Waals surface area contributed by atoms with E-state index in [1.807, 2.05) is 24.5 Å². The number of fused-ring (bicyclic) bond motifs is 3. The molecule has 1 saturated carbocycles. The second kappa shape index (κ2) is 9.41. The number of aromatic nitrogens is 3. The minimum Gasteiger partial charge on any atom is -0.368 e. The zero-order chi connectivity index (χ0) is 23.8. The Morgan fingerprint density at radius 2 is 1.80 bits per heavy atom. The first-order chi connectivity index (χ1) is 17.1. The lowest BCUT2D eigenvalue weighted by atomic mass is 9.91. The number of amides is 1. The number of aromatic amines is 1. The standard InChI is InChI=1S/C27H32N6O2/c34-26-22-7-2-1-6-21(22)25-24(31-26)14-18(15-29-25)17-32-10-12-33(13-11-32)20-8-9-23(28-16-20)27(35)30-19-4-3-5-19/h8-9,14-16,19H,1-7,10-13,17H2,(H,30,35)(H,31,34). The number of hydrogen-bond donors (Lipinski definition) is 2. The fourth-order valence-corrected chi connectivity index (χ4v) is 5.49. The van der Waals surface area contributed by atoms with E-state index in [2.05, 4.69) is 31.2 Å². The third-order valence-electron chi connectivity index (χ3n) is 7.78. The number of piperazine rings is 1. The molecule has 2 aliphatic carbocycles. The Balaban J connectivity index is 1.07. The second-order valence-corrected chi connectivity index (χ2v) is 10.1. The Bertz CT molecular complexity index is 1290. The first-order valence-electron chi connectivity index (χ1n) is 12.9. The molecular formula is C27H32N6O2. The van der Waals surface area contributed by atoms with Gasteiger partial charge in [0.1, 0.15) is 5.69 Å². The predicted octanol–water partition coefficient (Wildman–Crippen LogP) is 2.80. The first kappa shape index (κ1) is 22.2. The fraction of sp³-hybridized carbons (Fsp3) is 0.481. The van der Waals surface area contributed by atoms with E-state index >= 15 is 0 Å². The molecule has 182 valence electrons. The van der Waals surface area contributed by atoms with Crippen LogP contribution in [0.15, 0.2) is 35.4 Å². The van der Waals surface area contributed by atoms with Gasteiger partial charge >= 0.3 is 0 Å². The molecule has 2 fully saturated rings. The van der Waals surface area contributed by atoms with Crippen molar-refractivity contribution in [3.63, 3.8) is 0 Å². The van der Waals surface area contributed by atoms with Gasteiger partial charge in [-0.3, -0.25) is 19.5 Å². The van der Waals surface area contributed by atoms with Gasteiger partial charge in [0.25, 0.3) is 11.5 Å². The van der Waals surface area contributed by atoms with E-state index in [1.54, 1.807) is 0 Å². The second-order valence-electron chi connectivity index (χ2n) is 10.1. The number of nitrogens with zero attached hydrogens (tertiary/aromatic N) is 4. The SMILES string of the molecule is O=C(NC1CCC1)c1ccc(N2CCN(Cc3cnc4c5c(c(=O)[nH]c4c3)CCCC5)CC2)cn1. The Labute approximate surface area is 204 Å². The summed E-state index contributed by atoms with van der Waals surface area (Å²) < 4.78 is 0. The van der Waals surface area contributed by atoms with E-state index in [9.17, 15) is 9.59 Å². The maximum Gasteiger partial charge on any atom is 0.270 e. The van der Waals surface area contributed by atoms with Crippen molar-refractivity contribution in [1.29, 1.82) is 0 Å². The van der Waals surface area contributed by atoms with E-state index in [0.717, 1.165) is 105 Å². The lowest BCUT2D eigenvalue weighted by Crippen LogP contribution is -2.46. The Morgan fingerprint density at radius 1 is 1.00 bits per heavy atom. The number of rotatable bonds is 5. The van der Waals surface area contributed by atoms with E-state index in [1.165, 1.54) is 6.42 Å². The number of anilines is 1. The summed E-state index contributed by atoms with van der Waals surface area (Å²) >= 11 is 0. The summed E-state index contributed by atoms with van der Waals surface area (Å²) in [6, 6.07) is 6.25. The van der Waals surface area contributed by atoms with Crippen molar-refractivity contribution in [3.05, 3.63) is 63.3 Å². The largest absolute Gasteiger partial charge is 0.368 e. The molecule has 1 aliphatic heterocycles. The lowest BCUT2D eigenvalue weighted by Gasteiger charge is -2.36. The van der Waals surface area contributed by atoms with Crippen LogP contribution in [-0.2, 0) is 19.4 Å². The summed E-state index contributed by atoms with van der Waals surface area (Å²) in [7, 11) is 0. The molecule has 35 heavy (non-hydrogen) atoms. The number of H-pyrrole nitrogens is 1. The summed E-state index contributed by atoms with van der Waals surface area (Å²) in [6.07, 6.45) is 11.2. The summed E-state index contributed by atoms with van der Waals surface area (Å²) in [5, 5.41) is 3.04.